The number of carbonyl (C=O) groups is 2. The van der Waals surface area contributed by atoms with E-state index in [4.69, 9.17) is 14.2 Å². The van der Waals surface area contributed by atoms with E-state index in [0.717, 1.165) is 31.4 Å². The second-order valence-corrected chi connectivity index (χ2v) is 8.43. The van der Waals surface area contributed by atoms with Gasteiger partial charge >= 0.3 is 12.2 Å². The molecule has 1 aliphatic rings. The van der Waals surface area contributed by atoms with Gasteiger partial charge in [-0.1, -0.05) is 30.3 Å². The summed E-state index contributed by atoms with van der Waals surface area (Å²) >= 11 is 0. The standard InChI is InChI=1S/C22H34N2O5/c1-22(2,3)24(21(26)27-4)19(13-18-11-8-12-28-15-18)14-23-20(25)29-16-17-9-6-5-7-10-17/h5-7,9-10,18-19H,8,11-16H2,1-4H3,(H,23,25)/t18-,19?/m1/s1. The Hall–Kier alpha value is -2.28. The van der Waals surface area contributed by atoms with Crippen LogP contribution in [0.25, 0.3) is 0 Å². The summed E-state index contributed by atoms with van der Waals surface area (Å²) in [5, 5.41) is 2.82. The number of hydrogen-bond acceptors (Lipinski definition) is 5. The summed E-state index contributed by atoms with van der Waals surface area (Å²) in [5.41, 5.74) is 0.465. The fraction of sp³-hybridized carbons (Fsp3) is 0.636. The molecule has 1 N–H and O–H groups in total. The molecule has 2 atom stereocenters. The lowest BCUT2D eigenvalue weighted by atomic mass is 9.91. The number of benzene rings is 1. The Bertz CT molecular complexity index is 638. The van der Waals surface area contributed by atoms with E-state index in [1.165, 1.54) is 7.11 Å². The zero-order chi connectivity index (χ0) is 21.3. The van der Waals surface area contributed by atoms with Crippen LogP contribution in [-0.2, 0) is 20.8 Å². The minimum atomic E-state index is -0.502. The molecule has 0 radical (unpaired) electrons. The summed E-state index contributed by atoms with van der Waals surface area (Å²) < 4.78 is 15.9. The van der Waals surface area contributed by atoms with Crippen LogP contribution in [-0.4, -0.2) is 55.5 Å². The van der Waals surface area contributed by atoms with E-state index in [-0.39, 0.29) is 19.2 Å². The number of ether oxygens (including phenoxy) is 3. The van der Waals surface area contributed by atoms with Gasteiger partial charge in [0.25, 0.3) is 0 Å². The second-order valence-electron chi connectivity index (χ2n) is 8.43. The van der Waals surface area contributed by atoms with Crippen molar-refractivity contribution >= 4 is 12.2 Å². The molecular formula is C22H34N2O5. The molecule has 29 heavy (non-hydrogen) atoms. The van der Waals surface area contributed by atoms with Crippen LogP contribution >= 0.6 is 0 Å². The van der Waals surface area contributed by atoms with Crippen LogP contribution in [0.1, 0.15) is 45.6 Å². The van der Waals surface area contributed by atoms with Crippen LogP contribution < -0.4 is 5.32 Å². The minimum Gasteiger partial charge on any atom is -0.453 e. The highest BCUT2D eigenvalue weighted by Crippen LogP contribution is 2.26. The Morgan fingerprint density at radius 1 is 1.28 bits per heavy atom. The predicted molar refractivity (Wildman–Crippen MR) is 111 cm³/mol. The highest BCUT2D eigenvalue weighted by molar-refractivity contribution is 5.70. The smallest absolute Gasteiger partial charge is 0.410 e. The average molecular weight is 407 g/mol. The Balaban J connectivity index is 2.01. The number of amides is 2. The number of carbonyl (C=O) groups excluding carboxylic acids is 2. The normalized spacial score (nSPS) is 17.9. The summed E-state index contributed by atoms with van der Waals surface area (Å²) in [5.74, 6) is 0.338. The molecule has 1 fully saturated rings. The molecular weight excluding hydrogens is 372 g/mol. The SMILES string of the molecule is COC(=O)N(C(CNC(=O)OCc1ccccc1)C[C@H]1CCCOC1)C(C)(C)C. The van der Waals surface area contributed by atoms with E-state index in [1.54, 1.807) is 4.90 Å². The van der Waals surface area contributed by atoms with Crippen molar-refractivity contribution in [2.45, 2.75) is 58.2 Å². The molecule has 2 amide bonds. The molecule has 2 rings (SSSR count). The molecule has 162 valence electrons. The first kappa shape index (κ1) is 23.0. The van der Waals surface area contributed by atoms with Gasteiger partial charge in [-0.25, -0.2) is 9.59 Å². The van der Waals surface area contributed by atoms with Crippen LogP contribution in [0.3, 0.4) is 0 Å². The van der Waals surface area contributed by atoms with E-state index in [1.807, 2.05) is 51.1 Å². The van der Waals surface area contributed by atoms with Crippen molar-refractivity contribution < 1.29 is 23.8 Å². The largest absolute Gasteiger partial charge is 0.453 e. The molecule has 1 heterocycles. The van der Waals surface area contributed by atoms with E-state index in [9.17, 15) is 9.59 Å². The number of hydrogen-bond donors (Lipinski definition) is 1. The van der Waals surface area contributed by atoms with Gasteiger partial charge in [0.05, 0.1) is 13.2 Å². The molecule has 1 aromatic carbocycles. The fourth-order valence-corrected chi connectivity index (χ4v) is 3.70. The number of nitrogens with zero attached hydrogens (tertiary/aromatic N) is 1. The van der Waals surface area contributed by atoms with Gasteiger partial charge in [0.2, 0.25) is 0 Å². The third-order valence-electron chi connectivity index (χ3n) is 5.01. The Morgan fingerprint density at radius 2 is 2.00 bits per heavy atom. The van der Waals surface area contributed by atoms with Gasteiger partial charge in [0, 0.05) is 25.3 Å². The van der Waals surface area contributed by atoms with E-state index in [0.29, 0.717) is 12.5 Å². The van der Waals surface area contributed by atoms with Crippen molar-refractivity contribution in [3.05, 3.63) is 35.9 Å². The fourth-order valence-electron chi connectivity index (χ4n) is 3.70. The molecule has 7 nitrogen and oxygen atoms in total. The Morgan fingerprint density at radius 3 is 2.59 bits per heavy atom. The van der Waals surface area contributed by atoms with Crippen molar-refractivity contribution in [3.8, 4) is 0 Å². The molecule has 1 aromatic rings. The van der Waals surface area contributed by atoms with E-state index < -0.39 is 17.7 Å². The maximum Gasteiger partial charge on any atom is 0.410 e. The van der Waals surface area contributed by atoms with Crippen molar-refractivity contribution in [1.82, 2.24) is 10.2 Å². The molecule has 7 heteroatoms. The van der Waals surface area contributed by atoms with Crippen molar-refractivity contribution in [2.24, 2.45) is 5.92 Å². The Kier molecular flexibility index (Phi) is 8.76. The van der Waals surface area contributed by atoms with Crippen LogP contribution in [0.15, 0.2) is 30.3 Å². The summed E-state index contributed by atoms with van der Waals surface area (Å²) in [6.07, 6.45) is 1.88. The third kappa shape index (κ3) is 7.57. The number of nitrogens with one attached hydrogen (secondary N) is 1. The van der Waals surface area contributed by atoms with Crippen LogP contribution in [0.2, 0.25) is 0 Å². The second kappa shape index (κ2) is 11.0. The molecule has 1 saturated heterocycles. The summed E-state index contributed by atoms with van der Waals surface area (Å²) in [7, 11) is 1.38. The Labute approximate surface area is 173 Å². The zero-order valence-corrected chi connectivity index (χ0v) is 18.0. The quantitative estimate of drug-likeness (QED) is 0.741. The molecule has 1 aliphatic heterocycles. The molecule has 1 unspecified atom stereocenters. The first-order valence-electron chi connectivity index (χ1n) is 10.2. The highest BCUT2D eigenvalue weighted by Gasteiger charge is 2.36. The molecule has 0 aromatic heterocycles. The first-order chi connectivity index (χ1) is 13.8. The van der Waals surface area contributed by atoms with Crippen LogP contribution in [0.5, 0.6) is 0 Å². The highest BCUT2D eigenvalue weighted by atomic mass is 16.6. The van der Waals surface area contributed by atoms with E-state index >= 15 is 0 Å². The molecule has 0 spiro atoms. The maximum atomic E-state index is 12.5. The molecule has 0 bridgehead atoms. The zero-order valence-electron chi connectivity index (χ0n) is 18.0. The number of methoxy groups -OCH3 is 1. The predicted octanol–water partition coefficient (Wildman–Crippen LogP) is 3.97. The van der Waals surface area contributed by atoms with Crippen molar-refractivity contribution in [3.63, 3.8) is 0 Å². The minimum absolute atomic E-state index is 0.202. The first-order valence-corrected chi connectivity index (χ1v) is 10.2. The number of alkyl carbamates (subject to hydrolysis) is 1. The van der Waals surface area contributed by atoms with Crippen molar-refractivity contribution in [1.29, 1.82) is 0 Å². The summed E-state index contributed by atoms with van der Waals surface area (Å²) in [6.45, 7) is 7.83. The topological polar surface area (TPSA) is 77.1 Å². The van der Waals surface area contributed by atoms with Crippen molar-refractivity contribution in [2.75, 3.05) is 26.9 Å². The lowest BCUT2D eigenvalue weighted by Crippen LogP contribution is -2.56. The van der Waals surface area contributed by atoms with Gasteiger partial charge in [0.15, 0.2) is 0 Å². The summed E-state index contributed by atoms with van der Waals surface area (Å²) in [4.78, 5) is 26.5. The lowest BCUT2D eigenvalue weighted by molar-refractivity contribution is 0.0175. The molecule has 0 saturated carbocycles. The van der Waals surface area contributed by atoms with Gasteiger partial charge in [-0.2, -0.15) is 0 Å². The molecule has 0 aliphatic carbocycles. The van der Waals surface area contributed by atoms with Gasteiger partial charge in [-0.15, -0.1) is 0 Å². The van der Waals surface area contributed by atoms with Crippen LogP contribution in [0.4, 0.5) is 9.59 Å². The maximum absolute atomic E-state index is 12.5. The summed E-state index contributed by atoms with van der Waals surface area (Å²) in [6, 6.07) is 9.29. The van der Waals surface area contributed by atoms with E-state index in [2.05, 4.69) is 5.32 Å². The third-order valence-corrected chi connectivity index (χ3v) is 5.01. The number of rotatable bonds is 7. The van der Waals surface area contributed by atoms with Gasteiger partial charge in [-0.3, -0.25) is 4.90 Å². The average Bonchev–Trinajstić information content (AvgIpc) is 2.70. The monoisotopic (exact) mass is 406 g/mol. The lowest BCUT2D eigenvalue weighted by Gasteiger charge is -2.42. The van der Waals surface area contributed by atoms with Gasteiger partial charge < -0.3 is 19.5 Å². The van der Waals surface area contributed by atoms with Crippen LogP contribution in [0, 0.1) is 5.92 Å². The van der Waals surface area contributed by atoms with Gasteiger partial charge in [-0.05, 0) is 51.5 Å². The van der Waals surface area contributed by atoms with Gasteiger partial charge in [0.1, 0.15) is 6.61 Å².